The Balaban J connectivity index is 2.48. The Bertz CT molecular complexity index is 637. The van der Waals surface area contributed by atoms with E-state index in [4.69, 9.17) is 5.73 Å². The molecule has 0 spiro atoms. The maximum atomic E-state index is 12.5. The fraction of sp³-hybridized carbons (Fsp3) is 0.429. The average molecular weight is 278 g/mol. The molecule has 1 aromatic rings. The van der Waals surface area contributed by atoms with E-state index in [0.717, 1.165) is 18.4 Å². The van der Waals surface area contributed by atoms with Gasteiger partial charge in [-0.3, -0.25) is 0 Å². The molecule has 0 amide bonds. The monoisotopic (exact) mass is 278 g/mol. The third kappa shape index (κ3) is 2.98. The summed E-state index contributed by atoms with van der Waals surface area (Å²) in [5, 5.41) is 0. The first-order chi connectivity index (χ1) is 8.96. The second-order valence-corrected chi connectivity index (χ2v) is 6.72. The maximum Gasteiger partial charge on any atom is 0.244 e. The van der Waals surface area contributed by atoms with Gasteiger partial charge in [0.1, 0.15) is 0 Å². The van der Waals surface area contributed by atoms with Crippen molar-refractivity contribution in [3.63, 3.8) is 0 Å². The highest BCUT2D eigenvalue weighted by atomic mass is 32.2. The van der Waals surface area contributed by atoms with Gasteiger partial charge in [0, 0.05) is 18.7 Å². The van der Waals surface area contributed by atoms with Gasteiger partial charge in [-0.25, -0.2) is 8.42 Å². The zero-order valence-corrected chi connectivity index (χ0v) is 12.0. The highest BCUT2D eigenvalue weighted by molar-refractivity contribution is 7.89. The van der Waals surface area contributed by atoms with Gasteiger partial charge >= 0.3 is 0 Å². The molecule has 0 radical (unpaired) electrons. The van der Waals surface area contributed by atoms with Crippen molar-refractivity contribution in [2.45, 2.75) is 30.7 Å². The van der Waals surface area contributed by atoms with Crippen LogP contribution in [-0.4, -0.2) is 32.4 Å². The maximum absolute atomic E-state index is 12.5. The Morgan fingerprint density at radius 1 is 1.42 bits per heavy atom. The van der Waals surface area contributed by atoms with Gasteiger partial charge in [0.2, 0.25) is 10.0 Å². The molecule has 1 saturated carbocycles. The van der Waals surface area contributed by atoms with E-state index in [1.54, 1.807) is 25.2 Å². The van der Waals surface area contributed by atoms with Gasteiger partial charge in [-0.1, -0.05) is 17.9 Å². The second kappa shape index (κ2) is 5.33. The van der Waals surface area contributed by atoms with E-state index in [1.165, 1.54) is 4.31 Å². The van der Waals surface area contributed by atoms with Crippen molar-refractivity contribution >= 4 is 10.0 Å². The van der Waals surface area contributed by atoms with Crippen LogP contribution >= 0.6 is 0 Å². The van der Waals surface area contributed by atoms with E-state index in [1.807, 2.05) is 6.92 Å². The molecule has 102 valence electrons. The second-order valence-electron chi connectivity index (χ2n) is 4.76. The van der Waals surface area contributed by atoms with E-state index in [2.05, 4.69) is 11.8 Å². The summed E-state index contributed by atoms with van der Waals surface area (Å²) in [6.07, 6.45) is 1.87. The van der Waals surface area contributed by atoms with Crippen LogP contribution in [0.1, 0.15) is 24.0 Å². The molecule has 0 atom stereocenters. The Labute approximate surface area is 114 Å². The zero-order chi connectivity index (χ0) is 14.0. The smallest absolute Gasteiger partial charge is 0.244 e. The Hall–Kier alpha value is -1.35. The number of sulfonamides is 1. The topological polar surface area (TPSA) is 63.4 Å². The van der Waals surface area contributed by atoms with Crippen LogP contribution in [0.3, 0.4) is 0 Å². The molecule has 0 bridgehead atoms. The van der Waals surface area contributed by atoms with E-state index < -0.39 is 10.0 Å². The molecule has 5 heteroatoms. The number of hydrogen-bond acceptors (Lipinski definition) is 3. The first kappa shape index (κ1) is 14.1. The van der Waals surface area contributed by atoms with Crippen LogP contribution in [0.4, 0.5) is 0 Å². The predicted molar refractivity (Wildman–Crippen MR) is 75.1 cm³/mol. The lowest BCUT2D eigenvalue weighted by atomic mass is 10.1. The van der Waals surface area contributed by atoms with E-state index in [9.17, 15) is 8.42 Å². The fourth-order valence-electron chi connectivity index (χ4n) is 1.90. The summed E-state index contributed by atoms with van der Waals surface area (Å²) in [5.74, 6) is 5.58. The van der Waals surface area contributed by atoms with Crippen LogP contribution in [0.5, 0.6) is 0 Å². The summed E-state index contributed by atoms with van der Waals surface area (Å²) in [6, 6.07) is 5.35. The lowest BCUT2D eigenvalue weighted by Gasteiger charge is -2.17. The molecule has 0 saturated heterocycles. The van der Waals surface area contributed by atoms with Crippen molar-refractivity contribution in [2.75, 3.05) is 13.6 Å². The van der Waals surface area contributed by atoms with Crippen molar-refractivity contribution in [3.05, 3.63) is 29.3 Å². The first-order valence-corrected chi connectivity index (χ1v) is 7.68. The van der Waals surface area contributed by atoms with Gasteiger partial charge in [-0.2, -0.15) is 4.31 Å². The van der Waals surface area contributed by atoms with Crippen molar-refractivity contribution in [1.29, 1.82) is 0 Å². The number of rotatable bonds is 3. The summed E-state index contributed by atoms with van der Waals surface area (Å²) in [6.45, 7) is 2.13. The van der Waals surface area contributed by atoms with E-state index >= 15 is 0 Å². The Morgan fingerprint density at radius 3 is 2.68 bits per heavy atom. The fourth-order valence-corrected chi connectivity index (χ4v) is 3.44. The number of nitrogens with zero attached hydrogens (tertiary/aromatic N) is 1. The SMILES string of the molecule is Cc1ccc(S(=O)(=O)N(C)C2CC2)c(C#CCN)c1. The molecule has 1 aromatic carbocycles. The molecular weight excluding hydrogens is 260 g/mol. The molecular formula is C14H18N2O2S. The van der Waals surface area contributed by atoms with Crippen LogP contribution in [0, 0.1) is 18.8 Å². The molecule has 1 aliphatic carbocycles. The van der Waals surface area contributed by atoms with Crippen molar-refractivity contribution < 1.29 is 8.42 Å². The molecule has 0 aliphatic heterocycles. The third-order valence-electron chi connectivity index (χ3n) is 3.18. The molecule has 1 aliphatic rings. The van der Waals surface area contributed by atoms with E-state index in [0.29, 0.717) is 5.56 Å². The lowest BCUT2D eigenvalue weighted by Crippen LogP contribution is -2.29. The predicted octanol–water partition coefficient (Wildman–Crippen LogP) is 1.09. The number of benzene rings is 1. The van der Waals surface area contributed by atoms with Crippen LogP contribution in [0.25, 0.3) is 0 Å². The molecule has 2 N–H and O–H groups in total. The Kier molecular flexibility index (Phi) is 3.95. The average Bonchev–Trinajstić information content (AvgIpc) is 3.19. The lowest BCUT2D eigenvalue weighted by molar-refractivity contribution is 0.464. The van der Waals surface area contributed by atoms with Crippen molar-refractivity contribution in [1.82, 2.24) is 4.31 Å². The number of aryl methyl sites for hydroxylation is 1. The van der Waals surface area contributed by atoms with Gasteiger partial charge in [0.05, 0.1) is 11.4 Å². The highest BCUT2D eigenvalue weighted by Crippen LogP contribution is 2.31. The van der Waals surface area contributed by atoms with Gasteiger partial charge in [-0.05, 0) is 37.5 Å². The number of nitrogens with two attached hydrogens (primary N) is 1. The molecule has 19 heavy (non-hydrogen) atoms. The summed E-state index contributed by atoms with van der Waals surface area (Å²) in [7, 11) is -1.83. The summed E-state index contributed by atoms with van der Waals surface area (Å²) in [4.78, 5) is 0.272. The molecule has 0 heterocycles. The van der Waals surface area contributed by atoms with Crippen molar-refractivity contribution in [2.24, 2.45) is 5.73 Å². The van der Waals surface area contributed by atoms with Crippen LogP contribution in [-0.2, 0) is 10.0 Å². The molecule has 1 fully saturated rings. The third-order valence-corrected chi connectivity index (χ3v) is 5.15. The van der Waals surface area contributed by atoms with Gasteiger partial charge in [-0.15, -0.1) is 0 Å². The van der Waals surface area contributed by atoms with Crippen LogP contribution in [0.15, 0.2) is 23.1 Å². The Morgan fingerprint density at radius 2 is 2.11 bits per heavy atom. The number of hydrogen-bond donors (Lipinski definition) is 1. The van der Waals surface area contributed by atoms with Gasteiger partial charge in [0.25, 0.3) is 0 Å². The standard InChI is InChI=1S/C14H18N2O2S/c1-11-5-8-14(12(10-11)4-3-9-15)19(17,18)16(2)13-6-7-13/h5,8,10,13H,6-7,9,15H2,1-2H3. The largest absolute Gasteiger partial charge is 0.320 e. The summed E-state index contributed by atoms with van der Waals surface area (Å²) >= 11 is 0. The summed E-state index contributed by atoms with van der Waals surface area (Å²) in [5.41, 5.74) is 6.86. The minimum Gasteiger partial charge on any atom is -0.320 e. The molecule has 2 rings (SSSR count). The van der Waals surface area contributed by atoms with Crippen molar-refractivity contribution in [3.8, 4) is 11.8 Å². The normalized spacial score (nSPS) is 15.2. The van der Waals surface area contributed by atoms with Gasteiger partial charge in [0.15, 0.2) is 0 Å². The minimum absolute atomic E-state index is 0.140. The van der Waals surface area contributed by atoms with Gasteiger partial charge < -0.3 is 5.73 Å². The van der Waals surface area contributed by atoms with Crippen LogP contribution < -0.4 is 5.73 Å². The zero-order valence-electron chi connectivity index (χ0n) is 11.2. The van der Waals surface area contributed by atoms with E-state index in [-0.39, 0.29) is 17.5 Å². The highest BCUT2D eigenvalue weighted by Gasteiger charge is 2.35. The molecule has 0 unspecified atom stereocenters. The summed E-state index contributed by atoms with van der Waals surface area (Å²) < 4.78 is 26.5. The quantitative estimate of drug-likeness (QED) is 0.842. The van der Waals surface area contributed by atoms with Crippen LogP contribution in [0.2, 0.25) is 0 Å². The minimum atomic E-state index is -3.46. The molecule has 4 nitrogen and oxygen atoms in total. The molecule has 0 aromatic heterocycles. The first-order valence-electron chi connectivity index (χ1n) is 6.24.